The summed E-state index contributed by atoms with van der Waals surface area (Å²) in [5.74, 6) is 0.743. The number of fused-ring (bicyclic) bond motifs is 1. The topological polar surface area (TPSA) is 70.7 Å². The number of ketones is 1. The Labute approximate surface area is 119 Å². The van der Waals surface area contributed by atoms with Gasteiger partial charge in [-0.1, -0.05) is 26.7 Å². The average Bonchev–Trinajstić information content (AvgIpc) is 2.82. The van der Waals surface area contributed by atoms with Gasteiger partial charge in [0.2, 0.25) is 0 Å². The highest BCUT2D eigenvalue weighted by Gasteiger charge is 2.13. The summed E-state index contributed by atoms with van der Waals surface area (Å²) in [6.07, 6.45) is 7.89. The first-order chi connectivity index (χ1) is 9.65. The molecular formula is C15H22N4O. The monoisotopic (exact) mass is 274 g/mol. The van der Waals surface area contributed by atoms with E-state index in [1.165, 1.54) is 0 Å². The molecule has 0 unspecified atom stereocenters. The van der Waals surface area contributed by atoms with Crippen LogP contribution in [-0.4, -0.2) is 26.8 Å². The Morgan fingerprint density at radius 1 is 1.35 bits per heavy atom. The highest BCUT2D eigenvalue weighted by molar-refractivity contribution is 6.04. The number of hydrogen-bond acceptors (Lipinski definition) is 4. The van der Waals surface area contributed by atoms with Gasteiger partial charge >= 0.3 is 0 Å². The molecule has 0 atom stereocenters. The number of aromatic amines is 1. The molecule has 0 aliphatic heterocycles. The van der Waals surface area contributed by atoms with Gasteiger partial charge in [-0.15, -0.1) is 0 Å². The number of nitrogens with zero attached hydrogens (tertiary/aromatic N) is 2. The molecule has 2 aromatic heterocycles. The number of carbonyl (C=O) groups is 1. The van der Waals surface area contributed by atoms with Crippen molar-refractivity contribution in [2.45, 2.75) is 52.5 Å². The summed E-state index contributed by atoms with van der Waals surface area (Å²) >= 11 is 0. The largest absolute Gasteiger partial charge is 0.366 e. The van der Waals surface area contributed by atoms with Crippen LogP contribution < -0.4 is 5.32 Å². The SMILES string of the molecule is CCCC(CCC)Nc1cnc2[nH]cc(C(C)=O)c2n1. The van der Waals surface area contributed by atoms with Crippen LogP contribution in [0.25, 0.3) is 11.2 Å². The predicted octanol–water partition coefficient (Wildman–Crippen LogP) is 3.54. The summed E-state index contributed by atoms with van der Waals surface area (Å²) in [4.78, 5) is 23.4. The molecule has 108 valence electrons. The van der Waals surface area contributed by atoms with Crippen LogP contribution in [0.4, 0.5) is 5.82 Å². The van der Waals surface area contributed by atoms with E-state index < -0.39 is 0 Å². The molecular weight excluding hydrogens is 252 g/mol. The lowest BCUT2D eigenvalue weighted by molar-refractivity contribution is 0.101. The van der Waals surface area contributed by atoms with Crippen molar-refractivity contribution < 1.29 is 4.79 Å². The highest BCUT2D eigenvalue weighted by Crippen LogP contribution is 2.18. The van der Waals surface area contributed by atoms with Crippen molar-refractivity contribution in [2.75, 3.05) is 5.32 Å². The van der Waals surface area contributed by atoms with Gasteiger partial charge in [0.1, 0.15) is 11.3 Å². The number of carbonyl (C=O) groups excluding carboxylic acids is 1. The van der Waals surface area contributed by atoms with Gasteiger partial charge < -0.3 is 10.3 Å². The Morgan fingerprint density at radius 2 is 2.05 bits per heavy atom. The minimum Gasteiger partial charge on any atom is -0.366 e. The standard InChI is InChI=1S/C15H22N4O/c1-4-6-11(7-5-2)18-13-9-17-15-14(19-13)12(8-16-15)10(3)20/h8-9,11H,4-7H2,1-3H3,(H,16,17)(H,18,19). The van der Waals surface area contributed by atoms with Gasteiger partial charge in [0, 0.05) is 12.2 Å². The normalized spacial score (nSPS) is 11.2. The van der Waals surface area contributed by atoms with Crippen molar-refractivity contribution in [3.8, 4) is 0 Å². The van der Waals surface area contributed by atoms with Gasteiger partial charge in [0.05, 0.1) is 11.8 Å². The lowest BCUT2D eigenvalue weighted by Gasteiger charge is -2.17. The molecule has 0 amide bonds. The van der Waals surface area contributed by atoms with Crippen LogP contribution in [0.1, 0.15) is 56.8 Å². The number of nitrogens with one attached hydrogen (secondary N) is 2. The molecule has 20 heavy (non-hydrogen) atoms. The second kappa shape index (κ2) is 6.50. The summed E-state index contributed by atoms with van der Waals surface area (Å²) < 4.78 is 0. The van der Waals surface area contributed by atoms with Crippen LogP contribution in [0.2, 0.25) is 0 Å². The smallest absolute Gasteiger partial charge is 0.163 e. The van der Waals surface area contributed by atoms with E-state index in [1.807, 2.05) is 0 Å². The molecule has 0 bridgehead atoms. The maximum Gasteiger partial charge on any atom is 0.163 e. The third-order valence-corrected chi connectivity index (χ3v) is 3.39. The van der Waals surface area contributed by atoms with E-state index in [1.54, 1.807) is 19.3 Å². The summed E-state index contributed by atoms with van der Waals surface area (Å²) in [6.45, 7) is 5.90. The fourth-order valence-corrected chi connectivity index (χ4v) is 2.42. The average molecular weight is 274 g/mol. The molecule has 0 aliphatic rings. The van der Waals surface area contributed by atoms with Crippen molar-refractivity contribution in [3.63, 3.8) is 0 Å². The third-order valence-electron chi connectivity index (χ3n) is 3.39. The first-order valence-corrected chi connectivity index (χ1v) is 7.27. The fourth-order valence-electron chi connectivity index (χ4n) is 2.42. The first-order valence-electron chi connectivity index (χ1n) is 7.27. The van der Waals surface area contributed by atoms with Gasteiger partial charge in [-0.2, -0.15) is 0 Å². The number of hydrogen-bond donors (Lipinski definition) is 2. The Kier molecular flexibility index (Phi) is 4.71. The van der Waals surface area contributed by atoms with Crippen molar-refractivity contribution in [1.82, 2.24) is 15.0 Å². The van der Waals surface area contributed by atoms with Crippen molar-refractivity contribution in [2.24, 2.45) is 0 Å². The molecule has 5 nitrogen and oxygen atoms in total. The molecule has 0 radical (unpaired) electrons. The van der Waals surface area contributed by atoms with E-state index in [0.29, 0.717) is 22.8 Å². The van der Waals surface area contributed by atoms with Gasteiger partial charge in [-0.3, -0.25) is 4.79 Å². The van der Waals surface area contributed by atoms with Crippen LogP contribution in [0.5, 0.6) is 0 Å². The lowest BCUT2D eigenvalue weighted by Crippen LogP contribution is -2.19. The molecule has 0 saturated carbocycles. The number of Topliss-reactive ketones (excluding diaryl/α,β-unsaturated/α-hetero) is 1. The first kappa shape index (κ1) is 14.5. The Balaban J connectivity index is 2.25. The molecule has 0 saturated heterocycles. The minimum atomic E-state index is 0.00127. The van der Waals surface area contributed by atoms with Crippen LogP contribution in [0.15, 0.2) is 12.4 Å². The van der Waals surface area contributed by atoms with Gasteiger partial charge in [0.25, 0.3) is 0 Å². The molecule has 2 aromatic rings. The quantitative estimate of drug-likeness (QED) is 0.758. The maximum atomic E-state index is 11.6. The lowest BCUT2D eigenvalue weighted by atomic mass is 10.1. The third kappa shape index (κ3) is 3.15. The Hall–Kier alpha value is -1.91. The van der Waals surface area contributed by atoms with E-state index >= 15 is 0 Å². The van der Waals surface area contributed by atoms with Gasteiger partial charge in [-0.05, 0) is 19.8 Å². The molecule has 0 spiro atoms. The Bertz CT molecular complexity index is 585. The molecule has 0 aromatic carbocycles. The summed E-state index contributed by atoms with van der Waals surface area (Å²) in [6, 6.07) is 0.413. The molecule has 2 N–H and O–H groups in total. The maximum absolute atomic E-state index is 11.6. The summed E-state index contributed by atoms with van der Waals surface area (Å²) in [7, 11) is 0. The van der Waals surface area contributed by atoms with Crippen LogP contribution in [0.3, 0.4) is 0 Å². The van der Waals surface area contributed by atoms with Crippen molar-refractivity contribution >= 4 is 22.8 Å². The number of rotatable bonds is 7. The minimum absolute atomic E-state index is 0.00127. The molecule has 2 rings (SSSR count). The van der Waals surface area contributed by atoms with Crippen LogP contribution in [0, 0.1) is 0 Å². The second-order valence-electron chi connectivity index (χ2n) is 5.13. The van der Waals surface area contributed by atoms with Crippen LogP contribution in [-0.2, 0) is 0 Å². The second-order valence-corrected chi connectivity index (χ2v) is 5.13. The van der Waals surface area contributed by atoms with Crippen molar-refractivity contribution in [1.29, 1.82) is 0 Å². The van der Waals surface area contributed by atoms with E-state index in [0.717, 1.165) is 31.5 Å². The predicted molar refractivity (Wildman–Crippen MR) is 81.1 cm³/mol. The van der Waals surface area contributed by atoms with E-state index in [-0.39, 0.29) is 5.78 Å². The summed E-state index contributed by atoms with van der Waals surface area (Å²) in [5, 5.41) is 3.43. The van der Waals surface area contributed by atoms with Crippen LogP contribution >= 0.6 is 0 Å². The fraction of sp³-hybridized carbons (Fsp3) is 0.533. The Morgan fingerprint density at radius 3 is 2.65 bits per heavy atom. The summed E-state index contributed by atoms with van der Waals surface area (Å²) in [5.41, 5.74) is 1.90. The van der Waals surface area contributed by atoms with Gasteiger partial charge in [-0.25, -0.2) is 9.97 Å². The number of aromatic nitrogens is 3. The molecule has 2 heterocycles. The van der Waals surface area contributed by atoms with E-state index in [2.05, 4.69) is 34.1 Å². The molecule has 0 aliphatic carbocycles. The highest BCUT2D eigenvalue weighted by atomic mass is 16.1. The van der Waals surface area contributed by atoms with Crippen molar-refractivity contribution in [3.05, 3.63) is 18.0 Å². The zero-order chi connectivity index (χ0) is 14.5. The van der Waals surface area contributed by atoms with E-state index in [4.69, 9.17) is 0 Å². The molecule has 0 fully saturated rings. The number of H-pyrrole nitrogens is 1. The zero-order valence-corrected chi connectivity index (χ0v) is 12.4. The molecule has 5 heteroatoms. The zero-order valence-electron chi connectivity index (χ0n) is 12.4. The van der Waals surface area contributed by atoms with Gasteiger partial charge in [0.15, 0.2) is 11.4 Å². The van der Waals surface area contributed by atoms with E-state index in [9.17, 15) is 4.79 Å². The number of anilines is 1.